The highest BCUT2D eigenvalue weighted by molar-refractivity contribution is 7.92. The Hall–Kier alpha value is -3.66. The van der Waals surface area contributed by atoms with E-state index >= 15 is 0 Å². The van der Waals surface area contributed by atoms with Crippen molar-refractivity contribution in [3.05, 3.63) is 71.5 Å². The fourth-order valence-electron chi connectivity index (χ4n) is 2.78. The number of sulfonamides is 1. The Balaban J connectivity index is 1.72. The number of rotatable bonds is 7. The molecule has 0 unspecified atom stereocenters. The van der Waals surface area contributed by atoms with Gasteiger partial charge in [0.05, 0.1) is 17.2 Å². The SMILES string of the molecule is CCOC(=O)c1cc(C(=O)Nc2ccc(S(=O)(=O)Nc3ccccc3C)cc2)nn1C. The number of carbonyl (C=O) groups is 2. The maximum atomic E-state index is 12.6. The van der Waals surface area contributed by atoms with Crippen LogP contribution in [-0.2, 0) is 21.8 Å². The molecule has 0 aliphatic carbocycles. The minimum atomic E-state index is -3.78. The smallest absolute Gasteiger partial charge is 0.356 e. The second-order valence-electron chi connectivity index (χ2n) is 6.66. The van der Waals surface area contributed by atoms with Crippen molar-refractivity contribution in [2.45, 2.75) is 18.7 Å². The molecule has 10 heteroatoms. The molecule has 2 aromatic carbocycles. The molecule has 0 spiro atoms. The highest BCUT2D eigenvalue weighted by Crippen LogP contribution is 2.21. The predicted octanol–water partition coefficient (Wildman–Crippen LogP) is 2.96. The van der Waals surface area contributed by atoms with Gasteiger partial charge in [-0.3, -0.25) is 14.2 Å². The van der Waals surface area contributed by atoms with Gasteiger partial charge in [0, 0.05) is 18.8 Å². The lowest BCUT2D eigenvalue weighted by molar-refractivity contribution is 0.0513. The quantitative estimate of drug-likeness (QED) is 0.543. The van der Waals surface area contributed by atoms with Crippen LogP contribution in [0.25, 0.3) is 0 Å². The molecule has 1 amide bonds. The van der Waals surface area contributed by atoms with Gasteiger partial charge in [0.1, 0.15) is 5.69 Å². The van der Waals surface area contributed by atoms with Gasteiger partial charge in [-0.05, 0) is 49.7 Å². The van der Waals surface area contributed by atoms with Crippen LogP contribution in [0.3, 0.4) is 0 Å². The Bertz CT molecular complexity index is 1220. The first-order valence-corrected chi connectivity index (χ1v) is 10.9. The Kier molecular flexibility index (Phi) is 6.40. The minimum absolute atomic E-state index is 0.0310. The third-order valence-electron chi connectivity index (χ3n) is 4.41. The van der Waals surface area contributed by atoms with E-state index in [1.54, 1.807) is 19.1 Å². The van der Waals surface area contributed by atoms with Crippen molar-refractivity contribution in [3.63, 3.8) is 0 Å². The molecule has 0 saturated carbocycles. The number of hydrogen-bond donors (Lipinski definition) is 2. The van der Waals surface area contributed by atoms with Crippen molar-refractivity contribution in [1.82, 2.24) is 9.78 Å². The average Bonchev–Trinajstić information content (AvgIpc) is 3.12. The van der Waals surface area contributed by atoms with Crippen LogP contribution in [0.2, 0.25) is 0 Å². The van der Waals surface area contributed by atoms with Gasteiger partial charge >= 0.3 is 5.97 Å². The number of aryl methyl sites for hydroxylation is 2. The zero-order chi connectivity index (χ0) is 22.6. The Morgan fingerprint density at radius 2 is 1.77 bits per heavy atom. The van der Waals surface area contributed by atoms with Gasteiger partial charge in [0.2, 0.25) is 0 Å². The molecule has 0 bridgehead atoms. The van der Waals surface area contributed by atoms with Gasteiger partial charge < -0.3 is 10.1 Å². The molecule has 0 fully saturated rings. The van der Waals surface area contributed by atoms with Crippen LogP contribution in [0.5, 0.6) is 0 Å². The van der Waals surface area contributed by atoms with Crippen molar-refractivity contribution >= 4 is 33.3 Å². The topological polar surface area (TPSA) is 119 Å². The summed E-state index contributed by atoms with van der Waals surface area (Å²) >= 11 is 0. The van der Waals surface area contributed by atoms with E-state index in [0.717, 1.165) is 5.56 Å². The second kappa shape index (κ2) is 9.00. The molecule has 1 aromatic heterocycles. The maximum absolute atomic E-state index is 12.6. The summed E-state index contributed by atoms with van der Waals surface area (Å²) in [6.45, 7) is 3.70. The highest BCUT2D eigenvalue weighted by Gasteiger charge is 2.19. The van der Waals surface area contributed by atoms with Gasteiger partial charge in [-0.2, -0.15) is 5.10 Å². The van der Waals surface area contributed by atoms with Gasteiger partial charge in [0.25, 0.3) is 15.9 Å². The second-order valence-corrected chi connectivity index (χ2v) is 8.34. The third-order valence-corrected chi connectivity index (χ3v) is 5.79. The number of ether oxygens (including phenoxy) is 1. The molecule has 0 radical (unpaired) electrons. The van der Waals surface area contributed by atoms with Crippen molar-refractivity contribution in [1.29, 1.82) is 0 Å². The van der Waals surface area contributed by atoms with E-state index < -0.39 is 21.9 Å². The monoisotopic (exact) mass is 442 g/mol. The number of aromatic nitrogens is 2. The molecule has 3 aromatic rings. The Labute approximate surface area is 180 Å². The Morgan fingerprint density at radius 3 is 2.42 bits per heavy atom. The zero-order valence-electron chi connectivity index (χ0n) is 17.2. The summed E-state index contributed by atoms with van der Waals surface area (Å²) in [6.07, 6.45) is 0. The normalized spacial score (nSPS) is 11.1. The summed E-state index contributed by atoms with van der Waals surface area (Å²) in [7, 11) is -2.25. The van der Waals surface area contributed by atoms with Crippen molar-refractivity contribution in [3.8, 4) is 0 Å². The van der Waals surface area contributed by atoms with Crippen LogP contribution < -0.4 is 10.0 Å². The van der Waals surface area contributed by atoms with Crippen LogP contribution in [0, 0.1) is 6.92 Å². The highest BCUT2D eigenvalue weighted by atomic mass is 32.2. The first-order valence-electron chi connectivity index (χ1n) is 9.42. The van der Waals surface area contributed by atoms with Gasteiger partial charge in [-0.25, -0.2) is 13.2 Å². The third kappa shape index (κ3) is 5.10. The first-order chi connectivity index (χ1) is 14.7. The van der Waals surface area contributed by atoms with Crippen LogP contribution in [0.15, 0.2) is 59.5 Å². The lowest BCUT2D eigenvalue weighted by Crippen LogP contribution is -2.15. The predicted molar refractivity (Wildman–Crippen MR) is 116 cm³/mol. The number of nitrogens with one attached hydrogen (secondary N) is 2. The molecule has 0 atom stereocenters. The van der Waals surface area contributed by atoms with E-state index in [4.69, 9.17) is 4.74 Å². The average molecular weight is 442 g/mol. The molecule has 31 heavy (non-hydrogen) atoms. The van der Waals surface area contributed by atoms with Crippen molar-refractivity contribution in [2.24, 2.45) is 7.05 Å². The number of benzene rings is 2. The molecule has 0 saturated heterocycles. The van der Waals surface area contributed by atoms with Crippen LogP contribution in [0.1, 0.15) is 33.5 Å². The lowest BCUT2D eigenvalue weighted by atomic mass is 10.2. The fraction of sp³-hybridized carbons (Fsp3) is 0.190. The maximum Gasteiger partial charge on any atom is 0.356 e. The number of nitrogens with zero attached hydrogens (tertiary/aromatic N) is 2. The minimum Gasteiger partial charge on any atom is -0.461 e. The number of hydrogen-bond acceptors (Lipinski definition) is 6. The van der Waals surface area contributed by atoms with Gasteiger partial charge in [-0.1, -0.05) is 18.2 Å². The van der Waals surface area contributed by atoms with E-state index in [1.807, 2.05) is 19.1 Å². The van der Waals surface area contributed by atoms with Crippen LogP contribution >= 0.6 is 0 Å². The van der Waals surface area contributed by atoms with Crippen molar-refractivity contribution < 1.29 is 22.7 Å². The zero-order valence-corrected chi connectivity index (χ0v) is 18.1. The summed E-state index contributed by atoms with van der Waals surface area (Å²) in [5.41, 5.74) is 1.85. The fourth-order valence-corrected chi connectivity index (χ4v) is 3.91. The summed E-state index contributed by atoms with van der Waals surface area (Å²) in [4.78, 5) is 24.4. The first kappa shape index (κ1) is 22.0. The van der Waals surface area contributed by atoms with Crippen LogP contribution in [-0.4, -0.2) is 36.7 Å². The largest absolute Gasteiger partial charge is 0.461 e. The van der Waals surface area contributed by atoms with Crippen molar-refractivity contribution in [2.75, 3.05) is 16.6 Å². The lowest BCUT2D eigenvalue weighted by Gasteiger charge is -2.11. The van der Waals surface area contributed by atoms with E-state index in [2.05, 4.69) is 15.1 Å². The molecule has 3 rings (SSSR count). The van der Waals surface area contributed by atoms with Gasteiger partial charge in [0.15, 0.2) is 5.69 Å². The number of anilines is 2. The summed E-state index contributed by atoms with van der Waals surface area (Å²) < 4.78 is 34.0. The van der Waals surface area contributed by atoms with E-state index in [1.165, 1.54) is 42.1 Å². The number of esters is 1. The number of carbonyl (C=O) groups excluding carboxylic acids is 2. The van der Waals surface area contributed by atoms with Gasteiger partial charge in [-0.15, -0.1) is 0 Å². The molecular weight excluding hydrogens is 420 g/mol. The molecule has 162 valence electrons. The summed E-state index contributed by atoms with van der Waals surface area (Å²) in [5, 5.41) is 6.64. The van der Waals surface area contributed by atoms with E-state index in [9.17, 15) is 18.0 Å². The van der Waals surface area contributed by atoms with E-state index in [-0.39, 0.29) is 22.9 Å². The molecule has 0 aliphatic rings. The Morgan fingerprint density at radius 1 is 1.10 bits per heavy atom. The number of para-hydroxylation sites is 1. The van der Waals surface area contributed by atoms with E-state index in [0.29, 0.717) is 11.4 Å². The van der Waals surface area contributed by atoms with Crippen LogP contribution in [0.4, 0.5) is 11.4 Å². The summed E-state index contributed by atoms with van der Waals surface area (Å²) in [5.74, 6) is -1.12. The molecule has 1 heterocycles. The summed E-state index contributed by atoms with van der Waals surface area (Å²) in [6, 6.07) is 14.1. The molecular formula is C21H22N4O5S. The molecule has 2 N–H and O–H groups in total. The molecule has 9 nitrogen and oxygen atoms in total. The molecule has 0 aliphatic heterocycles. The standard InChI is InChI=1S/C21H22N4O5S/c1-4-30-21(27)19-13-18(23-25(19)3)20(26)22-15-9-11-16(12-10-15)31(28,29)24-17-8-6-5-7-14(17)2/h5-13,24H,4H2,1-3H3,(H,22,26). The number of amides is 1.